The number of thiazole rings is 1. The fourth-order valence-electron chi connectivity index (χ4n) is 2.90. The zero-order valence-corrected chi connectivity index (χ0v) is 15.1. The van der Waals surface area contributed by atoms with Crippen LogP contribution in [0.3, 0.4) is 0 Å². The number of nitrogens with one attached hydrogen (secondary N) is 1. The predicted octanol–water partition coefficient (Wildman–Crippen LogP) is 3.87. The summed E-state index contributed by atoms with van der Waals surface area (Å²) in [4.78, 5) is 17.2. The minimum Gasteiger partial charge on any atom is -0.496 e. The van der Waals surface area contributed by atoms with Crippen LogP contribution in [0.15, 0.2) is 60.2 Å². The van der Waals surface area contributed by atoms with Crippen molar-refractivity contribution in [2.75, 3.05) is 12.4 Å². The minimum atomic E-state index is -0.924. The highest BCUT2D eigenvalue weighted by atomic mass is 32.1. The molecule has 0 saturated heterocycles. The minimum absolute atomic E-state index is 0.374. The molecule has 27 heavy (non-hydrogen) atoms. The molecule has 0 bridgehead atoms. The van der Waals surface area contributed by atoms with E-state index in [1.807, 2.05) is 24.3 Å². The maximum atomic E-state index is 14.0. The smallest absolute Gasteiger partial charge is 0.255 e. The van der Waals surface area contributed by atoms with Gasteiger partial charge in [-0.2, -0.15) is 5.10 Å². The van der Waals surface area contributed by atoms with Crippen LogP contribution in [0, 0.1) is 5.82 Å². The Hall–Kier alpha value is -3.26. The standard InChI is InChI=1S/C19H15FN4O2S/c1-26-16-7-6-13(20)10-14(16)17(18(25)22-19-21-8-9-27-19)24-11-12-4-2-3-5-15(12)23-24/h2-11,17H,1H3,(H,21,22,25)/t17-/m1/s1. The fourth-order valence-corrected chi connectivity index (χ4v) is 3.43. The third-order valence-electron chi connectivity index (χ3n) is 4.09. The van der Waals surface area contributed by atoms with Crippen molar-refractivity contribution in [1.29, 1.82) is 0 Å². The van der Waals surface area contributed by atoms with Crippen molar-refractivity contribution in [3.8, 4) is 5.75 Å². The maximum absolute atomic E-state index is 14.0. The molecule has 136 valence electrons. The molecular weight excluding hydrogens is 367 g/mol. The second-order valence-electron chi connectivity index (χ2n) is 5.78. The monoisotopic (exact) mass is 382 g/mol. The first-order valence-electron chi connectivity index (χ1n) is 8.13. The van der Waals surface area contributed by atoms with Crippen LogP contribution in [-0.2, 0) is 4.79 Å². The molecule has 6 nitrogen and oxygen atoms in total. The molecule has 0 radical (unpaired) electrons. The number of aromatic nitrogens is 3. The summed E-state index contributed by atoms with van der Waals surface area (Å²) in [7, 11) is 1.48. The predicted molar refractivity (Wildman–Crippen MR) is 102 cm³/mol. The number of amides is 1. The Morgan fingerprint density at radius 1 is 1.30 bits per heavy atom. The highest BCUT2D eigenvalue weighted by Gasteiger charge is 2.28. The van der Waals surface area contributed by atoms with Crippen molar-refractivity contribution in [3.05, 3.63) is 71.6 Å². The number of halogens is 1. The lowest BCUT2D eigenvalue weighted by Crippen LogP contribution is -2.28. The first-order valence-corrected chi connectivity index (χ1v) is 9.01. The Balaban J connectivity index is 1.84. The number of ether oxygens (including phenoxy) is 1. The summed E-state index contributed by atoms with van der Waals surface area (Å²) in [5.74, 6) is -0.452. The summed E-state index contributed by atoms with van der Waals surface area (Å²) < 4.78 is 20.9. The Labute approximate surface area is 158 Å². The number of benzene rings is 2. The van der Waals surface area contributed by atoms with Gasteiger partial charge in [-0.15, -0.1) is 11.3 Å². The number of hydrogen-bond donors (Lipinski definition) is 1. The second-order valence-corrected chi connectivity index (χ2v) is 6.68. The van der Waals surface area contributed by atoms with Crippen molar-refractivity contribution in [2.45, 2.75) is 6.04 Å². The summed E-state index contributed by atoms with van der Waals surface area (Å²) in [5.41, 5.74) is 1.11. The van der Waals surface area contributed by atoms with Gasteiger partial charge in [0.25, 0.3) is 5.91 Å². The molecule has 2 aromatic heterocycles. The number of anilines is 1. The van der Waals surface area contributed by atoms with Crippen LogP contribution in [0.4, 0.5) is 9.52 Å². The first-order chi connectivity index (χ1) is 13.2. The largest absolute Gasteiger partial charge is 0.496 e. The molecule has 2 aromatic carbocycles. The topological polar surface area (TPSA) is 69.0 Å². The van der Waals surface area contributed by atoms with E-state index in [-0.39, 0.29) is 5.91 Å². The van der Waals surface area contributed by atoms with Crippen LogP contribution in [-0.4, -0.2) is 27.8 Å². The second kappa shape index (κ2) is 7.16. The molecular formula is C19H15FN4O2S. The lowest BCUT2D eigenvalue weighted by molar-refractivity contribution is -0.118. The van der Waals surface area contributed by atoms with Crippen molar-refractivity contribution in [3.63, 3.8) is 0 Å². The van der Waals surface area contributed by atoms with Gasteiger partial charge < -0.3 is 4.74 Å². The average molecular weight is 382 g/mol. The molecule has 0 aliphatic rings. The van der Waals surface area contributed by atoms with Gasteiger partial charge >= 0.3 is 0 Å². The van der Waals surface area contributed by atoms with E-state index in [1.54, 1.807) is 17.8 Å². The van der Waals surface area contributed by atoms with E-state index in [4.69, 9.17) is 4.74 Å². The number of hydrogen-bond acceptors (Lipinski definition) is 5. The normalized spacial score (nSPS) is 12.1. The van der Waals surface area contributed by atoms with E-state index in [2.05, 4.69) is 15.4 Å². The Morgan fingerprint density at radius 2 is 2.15 bits per heavy atom. The summed E-state index contributed by atoms with van der Waals surface area (Å²) >= 11 is 1.30. The SMILES string of the molecule is COc1ccc(F)cc1[C@H](C(=O)Nc1nccs1)n1cc2ccccc2n1. The molecule has 2 heterocycles. The number of carbonyl (C=O) groups excluding carboxylic acids is 1. The molecule has 1 N–H and O–H groups in total. The Bertz CT molecular complexity index is 1060. The van der Waals surface area contributed by atoms with Crippen LogP contribution in [0.2, 0.25) is 0 Å². The van der Waals surface area contributed by atoms with Gasteiger partial charge in [0.05, 0.1) is 12.6 Å². The number of nitrogens with zero attached hydrogens (tertiary/aromatic N) is 3. The lowest BCUT2D eigenvalue weighted by Gasteiger charge is -2.19. The highest BCUT2D eigenvalue weighted by Crippen LogP contribution is 2.31. The van der Waals surface area contributed by atoms with Gasteiger partial charge in [-0.05, 0) is 24.3 Å². The van der Waals surface area contributed by atoms with Gasteiger partial charge in [-0.25, -0.2) is 9.37 Å². The third-order valence-corrected chi connectivity index (χ3v) is 4.78. The van der Waals surface area contributed by atoms with Gasteiger partial charge in [0.15, 0.2) is 11.2 Å². The Kier molecular flexibility index (Phi) is 4.55. The van der Waals surface area contributed by atoms with Gasteiger partial charge in [0.2, 0.25) is 0 Å². The summed E-state index contributed by atoms with van der Waals surface area (Å²) in [6, 6.07) is 10.7. The maximum Gasteiger partial charge on any atom is 0.255 e. The fraction of sp³-hybridized carbons (Fsp3) is 0.105. The number of fused-ring (bicyclic) bond motifs is 1. The average Bonchev–Trinajstić information content (AvgIpc) is 3.31. The van der Waals surface area contributed by atoms with E-state index in [0.717, 1.165) is 10.9 Å². The van der Waals surface area contributed by atoms with Gasteiger partial charge in [-0.3, -0.25) is 14.8 Å². The highest BCUT2D eigenvalue weighted by molar-refractivity contribution is 7.13. The molecule has 0 spiro atoms. The molecule has 4 aromatic rings. The molecule has 4 rings (SSSR count). The zero-order valence-electron chi connectivity index (χ0n) is 14.3. The lowest BCUT2D eigenvalue weighted by atomic mass is 10.0. The van der Waals surface area contributed by atoms with Gasteiger partial charge in [-0.1, -0.05) is 18.2 Å². The van der Waals surface area contributed by atoms with Gasteiger partial charge in [0.1, 0.15) is 11.6 Å². The van der Waals surface area contributed by atoms with E-state index in [1.165, 1.54) is 41.3 Å². The van der Waals surface area contributed by atoms with E-state index < -0.39 is 11.9 Å². The van der Waals surface area contributed by atoms with Crippen LogP contribution >= 0.6 is 11.3 Å². The molecule has 8 heteroatoms. The van der Waals surface area contributed by atoms with Crippen molar-refractivity contribution in [1.82, 2.24) is 14.8 Å². The van der Waals surface area contributed by atoms with Crippen LogP contribution < -0.4 is 10.1 Å². The van der Waals surface area contributed by atoms with Crippen LogP contribution in [0.1, 0.15) is 11.6 Å². The van der Waals surface area contributed by atoms with E-state index in [9.17, 15) is 9.18 Å². The molecule has 0 saturated carbocycles. The third kappa shape index (κ3) is 3.39. The van der Waals surface area contributed by atoms with E-state index in [0.29, 0.717) is 16.4 Å². The first kappa shape index (κ1) is 17.2. The molecule has 0 aliphatic heterocycles. The quantitative estimate of drug-likeness (QED) is 0.569. The molecule has 1 atom stereocenters. The number of methoxy groups -OCH3 is 1. The summed E-state index contributed by atoms with van der Waals surface area (Å²) in [5, 5.41) is 10.4. The van der Waals surface area contributed by atoms with Crippen molar-refractivity contribution in [2.24, 2.45) is 0 Å². The van der Waals surface area contributed by atoms with Crippen LogP contribution in [0.5, 0.6) is 5.75 Å². The Morgan fingerprint density at radius 3 is 2.89 bits per heavy atom. The number of rotatable bonds is 5. The van der Waals surface area contributed by atoms with Crippen molar-refractivity contribution >= 4 is 33.3 Å². The molecule has 0 aliphatic carbocycles. The number of carbonyl (C=O) groups is 1. The molecule has 1 amide bonds. The van der Waals surface area contributed by atoms with Crippen molar-refractivity contribution < 1.29 is 13.9 Å². The summed E-state index contributed by atoms with van der Waals surface area (Å²) in [6.45, 7) is 0. The molecule has 0 fully saturated rings. The van der Waals surface area contributed by atoms with Crippen LogP contribution in [0.25, 0.3) is 10.9 Å². The summed E-state index contributed by atoms with van der Waals surface area (Å²) in [6.07, 6.45) is 3.35. The zero-order chi connectivity index (χ0) is 18.8. The van der Waals surface area contributed by atoms with E-state index >= 15 is 0 Å². The van der Waals surface area contributed by atoms with Gasteiger partial charge in [0, 0.05) is 28.7 Å². The molecule has 0 unspecified atom stereocenters.